The van der Waals surface area contributed by atoms with E-state index >= 15 is 0 Å². The first-order chi connectivity index (χ1) is 11.5. The number of carbonyl (C=O) groups excluding carboxylic acids is 2. The number of carboxylic acids is 2. The number of carbonyl (C=O) groups is 2. The van der Waals surface area contributed by atoms with Crippen LogP contribution in [0.2, 0.25) is 0 Å². The molecule has 4 aromatic rings. The average Bonchev–Trinajstić information content (AvgIpc) is 3.22. The molecule has 4 aromatic heterocycles. The van der Waals surface area contributed by atoms with Gasteiger partial charge in [-0.1, -0.05) is 0 Å². The molecule has 0 aliphatic carbocycles. The third-order valence-corrected chi connectivity index (χ3v) is 2.72. The van der Waals surface area contributed by atoms with Crippen LogP contribution in [0.15, 0.2) is 25.0 Å². The standard InChI is InChI=1S/2C6H4N4O2.Ca/c2*11-6(12)5-7-1-3-4(10-5)9-2-8-3;/h2*1-2H,(H,11,12)(H,7,8,9,10);/q;;+2/p-2. The predicted octanol–water partition coefficient (Wildman–Crippen LogP) is -2.95. The van der Waals surface area contributed by atoms with E-state index in [1.165, 1.54) is 25.0 Å². The molecule has 0 saturated carbocycles. The molecule has 4 rings (SSSR count). The van der Waals surface area contributed by atoms with Gasteiger partial charge in [0, 0.05) is 0 Å². The number of nitrogens with one attached hydrogen (secondary N) is 2. The SMILES string of the molecule is O=C([O-])c1ncc2[nH]cnc2n1.O=C([O-])c1ncc2[nH]cnc2n1.[Ca+2]. The molecule has 13 heteroatoms. The molecule has 4 heterocycles. The Morgan fingerprint density at radius 1 is 0.760 bits per heavy atom. The number of imidazole rings is 2. The number of hydrogen-bond acceptors (Lipinski definition) is 10. The maximum atomic E-state index is 10.3. The molecule has 0 saturated heterocycles. The molecular weight excluding hydrogens is 360 g/mol. The maximum absolute atomic E-state index is 10.3. The Morgan fingerprint density at radius 3 is 1.52 bits per heavy atom. The van der Waals surface area contributed by atoms with Crippen molar-refractivity contribution in [1.29, 1.82) is 0 Å². The molecular formula is C12H6CaN8O4. The van der Waals surface area contributed by atoms with Gasteiger partial charge >= 0.3 is 37.7 Å². The van der Waals surface area contributed by atoms with Crippen LogP contribution >= 0.6 is 0 Å². The van der Waals surface area contributed by atoms with E-state index in [0.717, 1.165) is 0 Å². The van der Waals surface area contributed by atoms with Gasteiger partial charge in [-0.3, -0.25) is 0 Å². The summed E-state index contributed by atoms with van der Waals surface area (Å²) in [6, 6.07) is 0. The summed E-state index contributed by atoms with van der Waals surface area (Å²) in [5.41, 5.74) is 1.84. The second-order valence-corrected chi connectivity index (χ2v) is 4.24. The number of carboxylic acid groups (broad SMARTS) is 2. The average molecular weight is 366 g/mol. The number of aromatic nitrogens is 8. The second kappa shape index (κ2) is 7.92. The van der Waals surface area contributed by atoms with E-state index < -0.39 is 11.9 Å². The van der Waals surface area contributed by atoms with Crippen molar-refractivity contribution in [1.82, 2.24) is 39.9 Å². The van der Waals surface area contributed by atoms with Gasteiger partial charge in [0.05, 0.1) is 25.0 Å². The summed E-state index contributed by atoms with van der Waals surface area (Å²) in [5, 5.41) is 20.6. The zero-order valence-corrected chi connectivity index (χ0v) is 14.5. The van der Waals surface area contributed by atoms with Crippen molar-refractivity contribution in [3.63, 3.8) is 0 Å². The minimum atomic E-state index is -1.40. The molecule has 0 unspecified atom stereocenters. The Bertz CT molecular complexity index is 962. The fourth-order valence-electron chi connectivity index (χ4n) is 1.67. The molecule has 0 radical (unpaired) electrons. The van der Waals surface area contributed by atoms with Crippen LogP contribution < -0.4 is 10.2 Å². The van der Waals surface area contributed by atoms with Crippen molar-refractivity contribution in [2.24, 2.45) is 0 Å². The number of rotatable bonds is 2. The molecule has 2 N–H and O–H groups in total. The van der Waals surface area contributed by atoms with Gasteiger partial charge in [0.1, 0.15) is 23.0 Å². The number of fused-ring (bicyclic) bond motifs is 2. The quantitative estimate of drug-likeness (QED) is 0.347. The Labute approximate surface area is 167 Å². The van der Waals surface area contributed by atoms with Gasteiger partial charge < -0.3 is 29.8 Å². The molecule has 120 valence electrons. The van der Waals surface area contributed by atoms with E-state index in [2.05, 4.69) is 39.9 Å². The number of aromatic carboxylic acids is 2. The van der Waals surface area contributed by atoms with E-state index in [9.17, 15) is 19.8 Å². The number of nitrogens with zero attached hydrogens (tertiary/aromatic N) is 6. The zero-order chi connectivity index (χ0) is 17.1. The van der Waals surface area contributed by atoms with Gasteiger partial charge in [-0.25, -0.2) is 29.9 Å². The molecule has 25 heavy (non-hydrogen) atoms. The second-order valence-electron chi connectivity index (χ2n) is 4.24. The first kappa shape index (κ1) is 18.6. The Morgan fingerprint density at radius 2 is 1.16 bits per heavy atom. The van der Waals surface area contributed by atoms with Crippen molar-refractivity contribution < 1.29 is 19.8 Å². The van der Waals surface area contributed by atoms with E-state index in [4.69, 9.17) is 0 Å². The van der Waals surface area contributed by atoms with Crippen LogP contribution in [0.25, 0.3) is 22.3 Å². The fourth-order valence-corrected chi connectivity index (χ4v) is 1.67. The zero-order valence-electron chi connectivity index (χ0n) is 12.3. The van der Waals surface area contributed by atoms with Gasteiger partial charge in [0.15, 0.2) is 22.9 Å². The van der Waals surface area contributed by atoms with Crippen LogP contribution in [0.3, 0.4) is 0 Å². The topological polar surface area (TPSA) is 189 Å². The summed E-state index contributed by atoms with van der Waals surface area (Å²) in [5.74, 6) is -3.51. The van der Waals surface area contributed by atoms with E-state index in [-0.39, 0.29) is 49.4 Å². The number of aromatic amines is 2. The maximum Gasteiger partial charge on any atom is 2.00 e. The van der Waals surface area contributed by atoms with Crippen molar-refractivity contribution in [2.45, 2.75) is 0 Å². The van der Waals surface area contributed by atoms with Crippen LogP contribution in [0, 0.1) is 0 Å². The largest absolute Gasteiger partial charge is 2.00 e. The summed E-state index contributed by atoms with van der Waals surface area (Å²) in [6.07, 6.45) is 5.53. The predicted molar refractivity (Wildman–Crippen MR) is 77.8 cm³/mol. The third-order valence-electron chi connectivity index (χ3n) is 2.72. The minimum absolute atomic E-state index is 0. The van der Waals surface area contributed by atoms with Gasteiger partial charge in [-0.2, -0.15) is 0 Å². The van der Waals surface area contributed by atoms with Crippen molar-refractivity contribution in [3.8, 4) is 0 Å². The molecule has 0 fully saturated rings. The third kappa shape index (κ3) is 4.23. The van der Waals surface area contributed by atoms with Gasteiger partial charge in [-0.05, 0) is 0 Å². The van der Waals surface area contributed by atoms with Crippen LogP contribution in [0.5, 0.6) is 0 Å². The van der Waals surface area contributed by atoms with Crippen LogP contribution in [-0.2, 0) is 0 Å². The summed E-state index contributed by atoms with van der Waals surface area (Å²) in [6.45, 7) is 0. The Balaban J connectivity index is 0.000000173. The van der Waals surface area contributed by atoms with Crippen molar-refractivity contribution in [2.75, 3.05) is 0 Å². The summed E-state index contributed by atoms with van der Waals surface area (Å²) < 4.78 is 0. The first-order valence-electron chi connectivity index (χ1n) is 6.29. The van der Waals surface area contributed by atoms with Gasteiger partial charge in [0.25, 0.3) is 0 Å². The molecule has 0 spiro atoms. The van der Waals surface area contributed by atoms with Crippen LogP contribution in [0.1, 0.15) is 21.2 Å². The summed E-state index contributed by atoms with van der Waals surface area (Å²) in [7, 11) is 0. The normalized spacial score (nSPS) is 9.92. The van der Waals surface area contributed by atoms with Gasteiger partial charge in [0.2, 0.25) is 0 Å². The van der Waals surface area contributed by atoms with Crippen molar-refractivity contribution in [3.05, 3.63) is 36.7 Å². The van der Waals surface area contributed by atoms with Gasteiger partial charge in [-0.15, -0.1) is 0 Å². The summed E-state index contributed by atoms with van der Waals surface area (Å²) >= 11 is 0. The Hall–Kier alpha value is -2.70. The molecule has 0 aliphatic rings. The Kier molecular flexibility index (Phi) is 5.90. The minimum Gasteiger partial charge on any atom is -0.542 e. The number of H-pyrrole nitrogens is 2. The smallest absolute Gasteiger partial charge is 0.542 e. The summed E-state index contributed by atoms with van der Waals surface area (Å²) in [4.78, 5) is 47.9. The molecule has 12 nitrogen and oxygen atoms in total. The molecule has 0 bridgehead atoms. The molecule has 0 amide bonds. The number of hydrogen-bond donors (Lipinski definition) is 2. The van der Waals surface area contributed by atoms with E-state index in [0.29, 0.717) is 22.3 Å². The monoisotopic (exact) mass is 366 g/mol. The first-order valence-corrected chi connectivity index (χ1v) is 6.29. The molecule has 0 aliphatic heterocycles. The van der Waals surface area contributed by atoms with Crippen LogP contribution in [-0.4, -0.2) is 89.5 Å². The van der Waals surface area contributed by atoms with E-state index in [1.54, 1.807) is 0 Å². The van der Waals surface area contributed by atoms with Crippen LogP contribution in [0.4, 0.5) is 0 Å². The molecule has 0 aromatic carbocycles. The van der Waals surface area contributed by atoms with E-state index in [1.807, 2.05) is 0 Å². The van der Waals surface area contributed by atoms with Crippen molar-refractivity contribution >= 4 is 72.0 Å². The fraction of sp³-hybridized carbons (Fsp3) is 0. The molecule has 0 atom stereocenters.